The molecular formula is C31H34BrN3O5S. The maximum Gasteiger partial charge on any atom is 0.269 e. The molecule has 41 heavy (non-hydrogen) atoms. The summed E-state index contributed by atoms with van der Waals surface area (Å²) in [6.07, 6.45) is 1.14. The van der Waals surface area contributed by atoms with Crippen LogP contribution >= 0.6 is 15.9 Å². The van der Waals surface area contributed by atoms with Crippen LogP contribution in [-0.2, 0) is 32.6 Å². The van der Waals surface area contributed by atoms with Gasteiger partial charge in [0.05, 0.1) is 5.56 Å². The number of rotatable bonds is 12. The number of hydrogen-bond acceptors (Lipinski definition) is 5. The molecule has 0 aliphatic carbocycles. The Hall–Kier alpha value is -3.50. The highest BCUT2D eigenvalue weighted by Crippen LogP contribution is 2.30. The van der Waals surface area contributed by atoms with E-state index in [2.05, 4.69) is 21.2 Å². The van der Waals surface area contributed by atoms with Crippen molar-refractivity contribution in [3.05, 3.63) is 100 Å². The summed E-state index contributed by atoms with van der Waals surface area (Å²) in [7, 11) is -3.96. The zero-order valence-corrected chi connectivity index (χ0v) is 25.5. The number of nitrogens with zero attached hydrogens (tertiary/aromatic N) is 2. The van der Waals surface area contributed by atoms with E-state index in [0.717, 1.165) is 26.3 Å². The molecule has 3 aromatic rings. The van der Waals surface area contributed by atoms with Gasteiger partial charge in [0.2, 0.25) is 11.8 Å². The van der Waals surface area contributed by atoms with Crippen LogP contribution in [0.1, 0.15) is 54.6 Å². The van der Waals surface area contributed by atoms with Gasteiger partial charge in [0.1, 0.15) is 10.9 Å². The predicted octanol–water partition coefficient (Wildman–Crippen LogP) is 4.93. The maximum atomic E-state index is 13.8. The molecule has 2 atom stereocenters. The number of amides is 3. The second-order valence-corrected chi connectivity index (χ2v) is 12.9. The van der Waals surface area contributed by atoms with E-state index in [1.54, 1.807) is 17.0 Å². The molecule has 1 aliphatic heterocycles. The van der Waals surface area contributed by atoms with Crippen LogP contribution < -0.4 is 5.32 Å². The van der Waals surface area contributed by atoms with Crippen molar-refractivity contribution in [2.75, 3.05) is 6.54 Å². The van der Waals surface area contributed by atoms with Gasteiger partial charge in [-0.25, -0.2) is 12.7 Å². The fourth-order valence-corrected chi connectivity index (χ4v) is 6.85. The van der Waals surface area contributed by atoms with Gasteiger partial charge < -0.3 is 10.2 Å². The van der Waals surface area contributed by atoms with Gasteiger partial charge in [0.15, 0.2) is 0 Å². The first-order chi connectivity index (χ1) is 19.6. The monoisotopic (exact) mass is 639 g/mol. The van der Waals surface area contributed by atoms with Gasteiger partial charge in [-0.05, 0) is 55.2 Å². The van der Waals surface area contributed by atoms with Crippen molar-refractivity contribution < 1.29 is 22.8 Å². The van der Waals surface area contributed by atoms with Crippen LogP contribution in [0.15, 0.2) is 88.2 Å². The first-order valence-electron chi connectivity index (χ1n) is 13.7. The highest BCUT2D eigenvalue weighted by molar-refractivity contribution is 9.10. The van der Waals surface area contributed by atoms with Gasteiger partial charge in [-0.3, -0.25) is 14.4 Å². The van der Waals surface area contributed by atoms with E-state index >= 15 is 0 Å². The molecule has 0 unspecified atom stereocenters. The standard InChI is InChI=1S/C31H34BrN3O5S/c1-3-22(2)33-30(37)27(20-23-11-5-4-6-12-23)34(21-24-13-9-14-25(32)19-24)29(36)17-10-18-35-31(38)26-15-7-8-16-28(26)41(35,39)40/h4-9,11-16,19,22,27H,3,10,17-18,20-21H2,1-2H3,(H,33,37)/t22-,27+/m1/s1. The lowest BCUT2D eigenvalue weighted by molar-refractivity contribution is -0.141. The quantitative estimate of drug-likeness (QED) is 0.303. The highest BCUT2D eigenvalue weighted by atomic mass is 79.9. The van der Waals surface area contributed by atoms with Crippen molar-refractivity contribution >= 4 is 43.7 Å². The lowest BCUT2D eigenvalue weighted by Crippen LogP contribution is -2.52. The fourth-order valence-electron chi connectivity index (χ4n) is 4.80. The first-order valence-corrected chi connectivity index (χ1v) is 15.9. The van der Waals surface area contributed by atoms with Crippen molar-refractivity contribution in [2.24, 2.45) is 0 Å². The number of carbonyl (C=O) groups excluding carboxylic acids is 3. The summed E-state index contributed by atoms with van der Waals surface area (Å²) in [4.78, 5) is 41.8. The molecule has 0 radical (unpaired) electrons. The Morgan fingerprint density at radius 3 is 2.34 bits per heavy atom. The van der Waals surface area contributed by atoms with E-state index in [9.17, 15) is 22.8 Å². The lowest BCUT2D eigenvalue weighted by atomic mass is 10.0. The molecule has 0 aromatic heterocycles. The highest BCUT2D eigenvalue weighted by Gasteiger charge is 2.40. The molecule has 216 valence electrons. The Balaban J connectivity index is 1.57. The Labute approximate surface area is 249 Å². The smallest absolute Gasteiger partial charge is 0.269 e. The third kappa shape index (κ3) is 7.23. The van der Waals surface area contributed by atoms with Gasteiger partial charge in [-0.1, -0.05) is 77.5 Å². The Kier molecular flexibility index (Phi) is 9.99. The van der Waals surface area contributed by atoms with Crippen LogP contribution in [0.5, 0.6) is 0 Å². The minimum Gasteiger partial charge on any atom is -0.352 e. The van der Waals surface area contributed by atoms with E-state index in [1.165, 1.54) is 12.1 Å². The van der Waals surface area contributed by atoms with Crippen LogP contribution in [0, 0.1) is 0 Å². The normalized spacial score (nSPS) is 15.2. The minimum atomic E-state index is -3.96. The summed E-state index contributed by atoms with van der Waals surface area (Å²) in [5.74, 6) is -1.14. The van der Waals surface area contributed by atoms with Crippen molar-refractivity contribution in [3.63, 3.8) is 0 Å². The van der Waals surface area contributed by atoms with Crippen LogP contribution in [0.25, 0.3) is 0 Å². The SMILES string of the molecule is CC[C@@H](C)NC(=O)[C@H](Cc1ccccc1)N(Cc1cccc(Br)c1)C(=O)CCCN1C(=O)c2ccccc2S1(=O)=O. The number of benzene rings is 3. The number of nitrogens with one attached hydrogen (secondary N) is 1. The van der Waals surface area contributed by atoms with Gasteiger partial charge >= 0.3 is 0 Å². The topological polar surface area (TPSA) is 104 Å². The van der Waals surface area contributed by atoms with Crippen molar-refractivity contribution in [1.29, 1.82) is 0 Å². The molecule has 0 fully saturated rings. The molecule has 1 N–H and O–H groups in total. The molecule has 0 bridgehead atoms. The minimum absolute atomic E-state index is 0.0164. The first kappa shape index (κ1) is 30.5. The molecule has 1 aliphatic rings. The third-order valence-electron chi connectivity index (χ3n) is 7.18. The van der Waals surface area contributed by atoms with Gasteiger partial charge in [0, 0.05) is 36.4 Å². The van der Waals surface area contributed by atoms with Gasteiger partial charge in [0.25, 0.3) is 15.9 Å². The predicted molar refractivity (Wildman–Crippen MR) is 160 cm³/mol. The van der Waals surface area contributed by atoms with E-state index in [4.69, 9.17) is 0 Å². The molecule has 0 saturated carbocycles. The summed E-state index contributed by atoms with van der Waals surface area (Å²) in [6.45, 7) is 3.96. The second kappa shape index (κ2) is 13.4. The number of sulfonamides is 1. The third-order valence-corrected chi connectivity index (χ3v) is 9.51. The van der Waals surface area contributed by atoms with E-state index in [0.29, 0.717) is 6.42 Å². The molecule has 3 aromatic carbocycles. The zero-order valence-electron chi connectivity index (χ0n) is 23.1. The molecule has 4 rings (SSSR count). The Bertz CT molecular complexity index is 1510. The van der Waals surface area contributed by atoms with Crippen molar-refractivity contribution in [3.8, 4) is 0 Å². The van der Waals surface area contributed by atoms with Crippen molar-refractivity contribution in [2.45, 2.75) is 63.1 Å². The molecule has 0 spiro atoms. The van der Waals surface area contributed by atoms with E-state index in [-0.39, 0.29) is 54.2 Å². The summed E-state index contributed by atoms with van der Waals surface area (Å²) in [6, 6.07) is 22.3. The number of halogens is 1. The second-order valence-electron chi connectivity index (χ2n) is 10.2. The largest absolute Gasteiger partial charge is 0.352 e. The van der Waals surface area contributed by atoms with Crippen LogP contribution in [0.2, 0.25) is 0 Å². The molecule has 8 nitrogen and oxygen atoms in total. The molecule has 1 heterocycles. The Morgan fingerprint density at radius 2 is 1.66 bits per heavy atom. The lowest BCUT2D eigenvalue weighted by Gasteiger charge is -2.32. The molecular weight excluding hydrogens is 606 g/mol. The molecule has 3 amide bonds. The van der Waals surface area contributed by atoms with Crippen LogP contribution in [-0.4, -0.2) is 54.0 Å². The summed E-state index contributed by atoms with van der Waals surface area (Å²) in [5.41, 5.74) is 1.89. The number of carbonyl (C=O) groups is 3. The number of fused-ring (bicyclic) bond motifs is 1. The molecule has 10 heteroatoms. The van der Waals surface area contributed by atoms with Crippen LogP contribution in [0.4, 0.5) is 0 Å². The van der Waals surface area contributed by atoms with Gasteiger partial charge in [-0.2, -0.15) is 0 Å². The maximum absolute atomic E-state index is 13.8. The van der Waals surface area contributed by atoms with E-state index in [1.807, 2.05) is 68.4 Å². The average Bonchev–Trinajstić information content (AvgIpc) is 3.15. The summed E-state index contributed by atoms with van der Waals surface area (Å²) >= 11 is 3.48. The number of hydrogen-bond donors (Lipinski definition) is 1. The zero-order chi connectivity index (χ0) is 29.6. The molecule has 0 saturated heterocycles. The Morgan fingerprint density at radius 1 is 0.976 bits per heavy atom. The van der Waals surface area contributed by atoms with Crippen LogP contribution in [0.3, 0.4) is 0 Å². The van der Waals surface area contributed by atoms with Gasteiger partial charge in [-0.15, -0.1) is 0 Å². The summed E-state index contributed by atoms with van der Waals surface area (Å²) in [5, 5.41) is 3.04. The fraction of sp³-hybridized carbons (Fsp3) is 0.323. The summed E-state index contributed by atoms with van der Waals surface area (Å²) < 4.78 is 27.6. The average molecular weight is 641 g/mol. The van der Waals surface area contributed by atoms with E-state index < -0.39 is 22.0 Å². The van der Waals surface area contributed by atoms with Crippen molar-refractivity contribution in [1.82, 2.24) is 14.5 Å².